The first-order valence-electron chi connectivity index (χ1n) is 3.68. The molecule has 0 aliphatic heterocycles. The topological polar surface area (TPSA) is 38.9 Å². The molecule has 1 rings (SSSR count). The predicted octanol–water partition coefficient (Wildman–Crippen LogP) is 2.38. The zero-order valence-electron chi connectivity index (χ0n) is 6.92. The maximum atomic E-state index is 5.56. The quantitative estimate of drug-likeness (QED) is 0.787. The predicted molar refractivity (Wildman–Crippen MR) is 56.2 cm³/mol. The molecule has 2 N–H and O–H groups in total. The van der Waals surface area contributed by atoms with Gasteiger partial charge in [-0.1, -0.05) is 22.0 Å². The summed E-state index contributed by atoms with van der Waals surface area (Å²) in [6.45, 7) is 2.00. The first kappa shape index (κ1) is 9.26. The average molecular weight is 227 g/mol. The van der Waals surface area contributed by atoms with E-state index in [-0.39, 0.29) is 0 Å². The maximum Gasteiger partial charge on any atom is 0.0657 e. The van der Waals surface area contributed by atoms with Gasteiger partial charge in [-0.3, -0.25) is 4.98 Å². The number of pyridine rings is 1. The van der Waals surface area contributed by atoms with Gasteiger partial charge in [-0.05, 0) is 24.6 Å². The molecule has 0 spiro atoms. The lowest BCUT2D eigenvalue weighted by atomic mass is 10.2. The van der Waals surface area contributed by atoms with E-state index < -0.39 is 0 Å². The van der Waals surface area contributed by atoms with Crippen LogP contribution in [0.3, 0.4) is 0 Å². The molecule has 1 aromatic heterocycles. The highest BCUT2D eigenvalue weighted by atomic mass is 79.9. The second-order valence-electron chi connectivity index (χ2n) is 2.53. The molecule has 1 aromatic rings. The van der Waals surface area contributed by atoms with Gasteiger partial charge in [-0.25, -0.2) is 0 Å². The Balaban J connectivity index is 2.94. The lowest BCUT2D eigenvalue weighted by Crippen LogP contribution is -1.91. The van der Waals surface area contributed by atoms with Crippen molar-refractivity contribution in [1.29, 1.82) is 0 Å². The smallest absolute Gasteiger partial charge is 0.0657 e. The Morgan fingerprint density at radius 3 is 3.00 bits per heavy atom. The Hall–Kier alpha value is -0.830. The number of allylic oxidation sites excluding steroid dienone is 1. The maximum absolute atomic E-state index is 5.56. The van der Waals surface area contributed by atoms with Gasteiger partial charge >= 0.3 is 0 Å². The van der Waals surface area contributed by atoms with Crippen molar-refractivity contribution in [1.82, 2.24) is 4.98 Å². The highest BCUT2D eigenvalue weighted by molar-refractivity contribution is 9.09. The van der Waals surface area contributed by atoms with Gasteiger partial charge in [0.1, 0.15) is 0 Å². The van der Waals surface area contributed by atoms with Crippen LogP contribution in [-0.2, 0) is 0 Å². The van der Waals surface area contributed by atoms with Crippen LogP contribution in [0.4, 0.5) is 5.69 Å². The Labute approximate surface area is 80.6 Å². The summed E-state index contributed by atoms with van der Waals surface area (Å²) in [7, 11) is 0. The lowest BCUT2D eigenvalue weighted by Gasteiger charge is -1.99. The molecule has 0 aromatic carbocycles. The number of nitrogen functional groups attached to an aromatic ring is 1. The van der Waals surface area contributed by atoms with Crippen LogP contribution in [-0.4, -0.2) is 10.3 Å². The van der Waals surface area contributed by atoms with Crippen molar-refractivity contribution < 1.29 is 0 Å². The molecule has 0 fully saturated rings. The molecule has 0 saturated heterocycles. The molecule has 2 nitrogen and oxygen atoms in total. The normalized spacial score (nSPS) is 10.8. The summed E-state index contributed by atoms with van der Waals surface area (Å²) in [5, 5.41) is 0.846. The van der Waals surface area contributed by atoms with E-state index in [1.165, 1.54) is 0 Å². The van der Waals surface area contributed by atoms with Crippen LogP contribution in [0.25, 0.3) is 6.08 Å². The van der Waals surface area contributed by atoms with E-state index in [2.05, 4.69) is 20.9 Å². The van der Waals surface area contributed by atoms with Crippen LogP contribution in [0.5, 0.6) is 0 Å². The highest BCUT2D eigenvalue weighted by Gasteiger charge is 1.94. The van der Waals surface area contributed by atoms with Gasteiger partial charge in [0, 0.05) is 5.33 Å². The first-order valence-corrected chi connectivity index (χ1v) is 4.81. The fourth-order valence-corrected chi connectivity index (χ4v) is 1.12. The Kier molecular flexibility index (Phi) is 3.29. The highest BCUT2D eigenvalue weighted by Crippen LogP contribution is 2.10. The molecule has 1 heterocycles. The summed E-state index contributed by atoms with van der Waals surface area (Å²) in [4.78, 5) is 4.18. The van der Waals surface area contributed by atoms with Gasteiger partial charge < -0.3 is 5.73 Å². The van der Waals surface area contributed by atoms with E-state index >= 15 is 0 Å². The molecular formula is C9H11BrN2. The van der Waals surface area contributed by atoms with Gasteiger partial charge in [0.2, 0.25) is 0 Å². The number of hydrogen-bond donors (Lipinski definition) is 1. The van der Waals surface area contributed by atoms with Gasteiger partial charge in [0.15, 0.2) is 0 Å². The standard InChI is InChI=1S/C9H11BrN2/c1-7-5-8(11)6-12-9(7)3-2-4-10/h2-3,5-6H,4,11H2,1H3. The molecule has 0 atom stereocenters. The number of alkyl halides is 1. The second kappa shape index (κ2) is 4.26. The number of aryl methyl sites for hydroxylation is 1. The lowest BCUT2D eigenvalue weighted by molar-refractivity contribution is 1.24. The Morgan fingerprint density at radius 1 is 1.67 bits per heavy atom. The third-order valence-corrected chi connectivity index (χ3v) is 1.88. The number of nitrogens with zero attached hydrogens (tertiary/aromatic N) is 1. The molecule has 64 valence electrons. The van der Waals surface area contributed by atoms with Crippen molar-refractivity contribution >= 4 is 27.7 Å². The van der Waals surface area contributed by atoms with Gasteiger partial charge in [0.05, 0.1) is 17.6 Å². The van der Waals surface area contributed by atoms with E-state index in [1.54, 1.807) is 6.20 Å². The van der Waals surface area contributed by atoms with Gasteiger partial charge in [-0.15, -0.1) is 0 Å². The van der Waals surface area contributed by atoms with Crippen molar-refractivity contribution in [3.8, 4) is 0 Å². The van der Waals surface area contributed by atoms with E-state index in [4.69, 9.17) is 5.73 Å². The summed E-state index contributed by atoms with van der Waals surface area (Å²) in [6.07, 6.45) is 5.65. The fourth-order valence-electron chi connectivity index (χ4n) is 0.938. The van der Waals surface area contributed by atoms with Crippen LogP contribution in [0.15, 0.2) is 18.3 Å². The van der Waals surface area contributed by atoms with E-state index in [9.17, 15) is 0 Å². The molecule has 12 heavy (non-hydrogen) atoms. The molecule has 0 aliphatic rings. The minimum atomic E-state index is 0.712. The second-order valence-corrected chi connectivity index (χ2v) is 3.17. The van der Waals surface area contributed by atoms with Gasteiger partial charge in [-0.2, -0.15) is 0 Å². The van der Waals surface area contributed by atoms with Crippen LogP contribution in [0.1, 0.15) is 11.3 Å². The molecule has 0 saturated carbocycles. The summed E-state index contributed by atoms with van der Waals surface area (Å²) in [5.74, 6) is 0. The first-order chi connectivity index (χ1) is 5.74. The van der Waals surface area contributed by atoms with E-state index in [0.29, 0.717) is 5.69 Å². The van der Waals surface area contributed by atoms with Gasteiger partial charge in [0.25, 0.3) is 0 Å². The van der Waals surface area contributed by atoms with Crippen molar-refractivity contribution in [2.24, 2.45) is 0 Å². The molecule has 0 amide bonds. The summed E-state index contributed by atoms with van der Waals surface area (Å²) >= 11 is 3.31. The number of rotatable bonds is 2. The molecule has 0 aliphatic carbocycles. The number of nitrogens with two attached hydrogens (primary N) is 1. The molecule has 0 bridgehead atoms. The summed E-state index contributed by atoms with van der Waals surface area (Å²) < 4.78 is 0. The van der Waals surface area contributed by atoms with Crippen molar-refractivity contribution in [2.75, 3.05) is 11.1 Å². The number of halogens is 1. The van der Waals surface area contributed by atoms with E-state index in [1.807, 2.05) is 25.1 Å². The number of hydrogen-bond acceptors (Lipinski definition) is 2. The Bertz CT molecular complexity index is 295. The van der Waals surface area contributed by atoms with Crippen LogP contribution >= 0.6 is 15.9 Å². The third-order valence-electron chi connectivity index (χ3n) is 1.50. The fraction of sp³-hybridized carbons (Fsp3) is 0.222. The minimum Gasteiger partial charge on any atom is -0.397 e. The zero-order valence-corrected chi connectivity index (χ0v) is 8.51. The number of anilines is 1. The Morgan fingerprint density at radius 2 is 2.42 bits per heavy atom. The van der Waals surface area contributed by atoms with E-state index in [0.717, 1.165) is 16.6 Å². The monoisotopic (exact) mass is 226 g/mol. The minimum absolute atomic E-state index is 0.712. The van der Waals surface area contributed by atoms with Crippen molar-refractivity contribution in [2.45, 2.75) is 6.92 Å². The van der Waals surface area contributed by atoms with Crippen LogP contribution in [0, 0.1) is 6.92 Å². The summed E-state index contributed by atoms with van der Waals surface area (Å²) in [5.41, 5.74) is 8.35. The largest absolute Gasteiger partial charge is 0.397 e. The van der Waals surface area contributed by atoms with Crippen molar-refractivity contribution in [3.63, 3.8) is 0 Å². The molecule has 0 unspecified atom stereocenters. The average Bonchev–Trinajstić information content (AvgIpc) is 2.03. The molecule has 3 heteroatoms. The zero-order chi connectivity index (χ0) is 8.97. The summed E-state index contributed by atoms with van der Waals surface area (Å²) in [6, 6.07) is 1.92. The molecule has 0 radical (unpaired) electrons. The molecular weight excluding hydrogens is 216 g/mol. The van der Waals surface area contributed by atoms with Crippen LogP contribution < -0.4 is 5.73 Å². The van der Waals surface area contributed by atoms with Crippen molar-refractivity contribution in [3.05, 3.63) is 29.6 Å². The van der Waals surface area contributed by atoms with Crippen LogP contribution in [0.2, 0.25) is 0 Å². The number of aromatic nitrogens is 1. The third kappa shape index (κ3) is 2.34. The SMILES string of the molecule is Cc1cc(N)cnc1C=CCBr.